The molecule has 1 saturated heterocycles. The number of rotatable bonds is 8. The van der Waals surface area contributed by atoms with E-state index in [0.717, 1.165) is 54.7 Å². The Morgan fingerprint density at radius 3 is 1.89 bits per heavy atom. The maximum Gasteiger partial charge on any atom is 0.161 e. The monoisotopic (exact) mass is 386 g/mol. The number of hydrogen-bond acceptors (Lipinski definition) is 6. The zero-order valence-electron chi connectivity index (χ0n) is 17.2. The van der Waals surface area contributed by atoms with Crippen LogP contribution in [0.3, 0.4) is 0 Å². The van der Waals surface area contributed by atoms with Gasteiger partial charge in [0.2, 0.25) is 0 Å². The van der Waals surface area contributed by atoms with Crippen molar-refractivity contribution in [1.82, 2.24) is 10.2 Å². The normalized spacial score (nSPS) is 15.7. The second-order valence-electron chi connectivity index (χ2n) is 6.65. The van der Waals surface area contributed by atoms with E-state index in [4.69, 9.17) is 18.9 Å². The molecule has 1 fully saturated rings. The molecule has 2 aromatic rings. The smallest absolute Gasteiger partial charge is 0.161 e. The molecule has 1 atom stereocenters. The van der Waals surface area contributed by atoms with E-state index in [9.17, 15) is 0 Å². The van der Waals surface area contributed by atoms with Crippen molar-refractivity contribution >= 4 is 0 Å². The first-order chi connectivity index (χ1) is 13.7. The molecule has 152 valence electrons. The first kappa shape index (κ1) is 20.3. The maximum absolute atomic E-state index is 5.82. The molecule has 1 aliphatic heterocycles. The molecule has 6 nitrogen and oxygen atoms in total. The Labute approximate surface area is 167 Å². The minimum absolute atomic E-state index is 0.0898. The quantitative estimate of drug-likeness (QED) is 0.752. The van der Waals surface area contributed by atoms with E-state index in [1.807, 2.05) is 19.1 Å². The summed E-state index contributed by atoms with van der Waals surface area (Å²) >= 11 is 0. The third-order valence-corrected chi connectivity index (χ3v) is 5.04. The number of piperazine rings is 1. The fourth-order valence-corrected chi connectivity index (χ4v) is 3.71. The average molecular weight is 386 g/mol. The predicted octanol–water partition coefficient (Wildman–Crippen LogP) is 3.11. The molecule has 1 N–H and O–H groups in total. The van der Waals surface area contributed by atoms with E-state index in [2.05, 4.69) is 34.5 Å². The van der Waals surface area contributed by atoms with Gasteiger partial charge in [0, 0.05) is 26.2 Å². The van der Waals surface area contributed by atoms with Crippen molar-refractivity contribution in [2.45, 2.75) is 13.0 Å². The van der Waals surface area contributed by atoms with Crippen LogP contribution in [0.15, 0.2) is 36.4 Å². The molecule has 0 spiro atoms. The van der Waals surface area contributed by atoms with E-state index in [-0.39, 0.29) is 6.04 Å². The predicted molar refractivity (Wildman–Crippen MR) is 110 cm³/mol. The van der Waals surface area contributed by atoms with E-state index >= 15 is 0 Å². The summed E-state index contributed by atoms with van der Waals surface area (Å²) in [4.78, 5) is 2.48. The molecule has 0 aliphatic carbocycles. The number of ether oxygens (including phenoxy) is 4. The Morgan fingerprint density at radius 1 is 0.821 bits per heavy atom. The number of benzene rings is 2. The molecule has 3 rings (SSSR count). The largest absolute Gasteiger partial charge is 0.493 e. The van der Waals surface area contributed by atoms with Crippen LogP contribution in [-0.2, 0) is 0 Å². The third kappa shape index (κ3) is 4.34. The molecule has 0 bridgehead atoms. The Morgan fingerprint density at radius 2 is 1.36 bits per heavy atom. The highest BCUT2D eigenvalue weighted by molar-refractivity contribution is 5.49. The molecule has 0 radical (unpaired) electrons. The summed E-state index contributed by atoms with van der Waals surface area (Å²) in [6.07, 6.45) is 0. The number of hydrogen-bond donors (Lipinski definition) is 1. The Balaban J connectivity index is 2.06. The minimum atomic E-state index is 0.0898. The molecule has 0 aromatic heterocycles. The van der Waals surface area contributed by atoms with Gasteiger partial charge in [0.25, 0.3) is 0 Å². The van der Waals surface area contributed by atoms with Gasteiger partial charge >= 0.3 is 0 Å². The van der Waals surface area contributed by atoms with Gasteiger partial charge in [-0.25, -0.2) is 0 Å². The SMILES string of the molecule is CCOc1cc(C(c2ccc(OC)c(OC)c2)N2CCNCC2)ccc1OC. The van der Waals surface area contributed by atoms with Crippen LogP contribution in [0.1, 0.15) is 24.1 Å². The lowest BCUT2D eigenvalue weighted by Gasteiger charge is -2.36. The molecule has 28 heavy (non-hydrogen) atoms. The van der Waals surface area contributed by atoms with Gasteiger partial charge in [-0.1, -0.05) is 12.1 Å². The summed E-state index contributed by atoms with van der Waals surface area (Å²) in [7, 11) is 4.99. The van der Waals surface area contributed by atoms with Gasteiger partial charge < -0.3 is 24.3 Å². The summed E-state index contributed by atoms with van der Waals surface area (Å²) in [5.74, 6) is 2.98. The lowest BCUT2D eigenvalue weighted by atomic mass is 9.95. The standard InChI is InChI=1S/C22H30N2O4/c1-5-28-21-15-17(7-9-19(21)26-3)22(24-12-10-23-11-13-24)16-6-8-18(25-2)20(14-16)27-4/h6-9,14-15,22-23H,5,10-13H2,1-4H3. The Bertz CT molecular complexity index is 775. The Kier molecular flexibility index (Phi) is 7.01. The molecule has 0 saturated carbocycles. The van der Waals surface area contributed by atoms with Crippen LogP contribution in [0.25, 0.3) is 0 Å². The van der Waals surface area contributed by atoms with E-state index < -0.39 is 0 Å². The number of methoxy groups -OCH3 is 3. The van der Waals surface area contributed by atoms with Crippen LogP contribution in [0.2, 0.25) is 0 Å². The highest BCUT2D eigenvalue weighted by atomic mass is 16.5. The second kappa shape index (κ2) is 9.66. The highest BCUT2D eigenvalue weighted by Gasteiger charge is 2.26. The highest BCUT2D eigenvalue weighted by Crippen LogP contribution is 2.38. The van der Waals surface area contributed by atoms with Gasteiger partial charge in [0.15, 0.2) is 23.0 Å². The van der Waals surface area contributed by atoms with Crippen molar-refractivity contribution in [2.75, 3.05) is 54.1 Å². The first-order valence-electron chi connectivity index (χ1n) is 9.69. The second-order valence-corrected chi connectivity index (χ2v) is 6.65. The van der Waals surface area contributed by atoms with Crippen molar-refractivity contribution in [3.8, 4) is 23.0 Å². The van der Waals surface area contributed by atoms with Crippen molar-refractivity contribution in [3.63, 3.8) is 0 Å². The van der Waals surface area contributed by atoms with Crippen LogP contribution in [-0.4, -0.2) is 59.0 Å². The fraction of sp³-hybridized carbons (Fsp3) is 0.455. The van der Waals surface area contributed by atoms with Crippen molar-refractivity contribution < 1.29 is 18.9 Å². The third-order valence-electron chi connectivity index (χ3n) is 5.04. The molecule has 2 aromatic carbocycles. The average Bonchev–Trinajstić information content (AvgIpc) is 2.75. The van der Waals surface area contributed by atoms with Crippen LogP contribution >= 0.6 is 0 Å². The molecule has 0 amide bonds. The summed E-state index contributed by atoms with van der Waals surface area (Å²) in [6, 6.07) is 12.4. The molecular formula is C22H30N2O4. The van der Waals surface area contributed by atoms with E-state index in [1.54, 1.807) is 21.3 Å². The molecule has 1 aliphatic rings. The number of nitrogens with zero attached hydrogens (tertiary/aromatic N) is 1. The van der Waals surface area contributed by atoms with Crippen LogP contribution in [0.4, 0.5) is 0 Å². The maximum atomic E-state index is 5.82. The zero-order chi connectivity index (χ0) is 19.9. The van der Waals surface area contributed by atoms with Crippen molar-refractivity contribution in [1.29, 1.82) is 0 Å². The van der Waals surface area contributed by atoms with E-state index in [1.165, 1.54) is 5.56 Å². The van der Waals surface area contributed by atoms with Gasteiger partial charge in [-0.3, -0.25) is 4.90 Å². The van der Waals surface area contributed by atoms with E-state index in [0.29, 0.717) is 6.61 Å². The van der Waals surface area contributed by atoms with Crippen molar-refractivity contribution in [2.24, 2.45) is 0 Å². The lowest BCUT2D eigenvalue weighted by molar-refractivity contribution is 0.197. The van der Waals surface area contributed by atoms with Gasteiger partial charge in [-0.05, 0) is 42.3 Å². The first-order valence-corrected chi connectivity index (χ1v) is 9.69. The fourth-order valence-electron chi connectivity index (χ4n) is 3.71. The van der Waals surface area contributed by atoms with Gasteiger partial charge in [0.1, 0.15) is 0 Å². The minimum Gasteiger partial charge on any atom is -0.493 e. The molecule has 1 heterocycles. The van der Waals surface area contributed by atoms with Crippen molar-refractivity contribution in [3.05, 3.63) is 47.5 Å². The van der Waals surface area contributed by atoms with Gasteiger partial charge in [0.05, 0.1) is 34.0 Å². The van der Waals surface area contributed by atoms with Crippen LogP contribution in [0.5, 0.6) is 23.0 Å². The Hall–Kier alpha value is -2.44. The molecule has 1 unspecified atom stereocenters. The summed E-state index contributed by atoms with van der Waals surface area (Å²) in [5, 5.41) is 3.43. The topological polar surface area (TPSA) is 52.2 Å². The summed E-state index contributed by atoms with van der Waals surface area (Å²) in [5.41, 5.74) is 2.32. The molecule has 6 heteroatoms. The van der Waals surface area contributed by atoms with Gasteiger partial charge in [-0.15, -0.1) is 0 Å². The number of nitrogens with one attached hydrogen (secondary N) is 1. The summed E-state index contributed by atoms with van der Waals surface area (Å²) in [6.45, 7) is 6.45. The lowest BCUT2D eigenvalue weighted by Crippen LogP contribution is -2.45. The van der Waals surface area contributed by atoms with Crippen LogP contribution in [0, 0.1) is 0 Å². The zero-order valence-corrected chi connectivity index (χ0v) is 17.2. The molecular weight excluding hydrogens is 356 g/mol. The van der Waals surface area contributed by atoms with Gasteiger partial charge in [-0.2, -0.15) is 0 Å². The van der Waals surface area contributed by atoms with Crippen LogP contribution < -0.4 is 24.3 Å². The summed E-state index contributed by atoms with van der Waals surface area (Å²) < 4.78 is 22.3.